The number of amides is 1. The van der Waals surface area contributed by atoms with Gasteiger partial charge in [0.15, 0.2) is 0 Å². The number of rotatable bonds is 8. The van der Waals surface area contributed by atoms with Crippen LogP contribution in [0.25, 0.3) is 0 Å². The first-order valence-corrected chi connectivity index (χ1v) is 7.86. The molecule has 7 nitrogen and oxygen atoms in total. The molecule has 0 aliphatic rings. The van der Waals surface area contributed by atoms with Gasteiger partial charge in [-0.05, 0) is 13.3 Å². The highest BCUT2D eigenvalue weighted by Gasteiger charge is 2.18. The Balaban J connectivity index is 2.32. The maximum atomic E-state index is 11.7. The summed E-state index contributed by atoms with van der Waals surface area (Å²) >= 11 is 0. The molecule has 0 aliphatic carbocycles. The molecule has 0 aliphatic heterocycles. The second-order valence-corrected chi connectivity index (χ2v) is 6.11. The van der Waals surface area contributed by atoms with E-state index >= 15 is 0 Å². The average molecular weight is 288 g/mol. The summed E-state index contributed by atoms with van der Waals surface area (Å²) in [7, 11) is -3.37. The van der Waals surface area contributed by atoms with Crippen molar-refractivity contribution in [2.75, 3.05) is 12.3 Å². The number of carbonyl (C=O) groups is 1. The van der Waals surface area contributed by atoms with Crippen molar-refractivity contribution in [3.63, 3.8) is 0 Å². The van der Waals surface area contributed by atoms with E-state index in [1.807, 2.05) is 0 Å². The number of nitrogens with one attached hydrogen (secondary N) is 3. The van der Waals surface area contributed by atoms with E-state index in [2.05, 4.69) is 20.0 Å². The van der Waals surface area contributed by atoms with E-state index in [1.54, 1.807) is 19.3 Å². The maximum Gasteiger partial charge on any atom is 0.237 e. The lowest BCUT2D eigenvalue weighted by Crippen LogP contribution is -2.45. The molecule has 0 saturated heterocycles. The van der Waals surface area contributed by atoms with Crippen molar-refractivity contribution >= 4 is 15.9 Å². The molecule has 0 aromatic carbocycles. The summed E-state index contributed by atoms with van der Waals surface area (Å²) in [4.78, 5) is 18.6. The molecule has 1 heterocycles. The van der Waals surface area contributed by atoms with Gasteiger partial charge < -0.3 is 10.3 Å². The molecule has 1 rings (SSSR count). The molecule has 1 atom stereocenters. The number of aromatic nitrogens is 2. The molecule has 8 heteroatoms. The zero-order chi connectivity index (χ0) is 14.3. The summed E-state index contributed by atoms with van der Waals surface area (Å²) < 4.78 is 25.3. The molecule has 0 radical (unpaired) electrons. The first-order valence-electron chi connectivity index (χ1n) is 6.20. The minimum atomic E-state index is -3.37. The number of nitrogens with zero attached hydrogens (tertiary/aromatic N) is 1. The summed E-state index contributed by atoms with van der Waals surface area (Å²) in [6, 6.07) is -0.770. The van der Waals surface area contributed by atoms with Gasteiger partial charge in [-0.1, -0.05) is 6.92 Å². The first-order chi connectivity index (χ1) is 8.94. The quantitative estimate of drug-likeness (QED) is 0.615. The number of H-pyrrole nitrogens is 1. The van der Waals surface area contributed by atoms with Gasteiger partial charge in [0, 0.05) is 25.4 Å². The molecule has 108 valence electrons. The Morgan fingerprint density at radius 2 is 2.26 bits per heavy atom. The molecule has 1 amide bonds. The highest BCUT2D eigenvalue weighted by atomic mass is 32.2. The van der Waals surface area contributed by atoms with Gasteiger partial charge >= 0.3 is 0 Å². The fourth-order valence-electron chi connectivity index (χ4n) is 1.54. The van der Waals surface area contributed by atoms with Crippen LogP contribution in [0, 0.1) is 0 Å². The number of hydrogen-bond acceptors (Lipinski definition) is 4. The highest BCUT2D eigenvalue weighted by Crippen LogP contribution is 1.93. The molecule has 0 fully saturated rings. The Morgan fingerprint density at radius 1 is 1.53 bits per heavy atom. The largest absolute Gasteiger partial charge is 0.354 e. The maximum absolute atomic E-state index is 11.7. The zero-order valence-corrected chi connectivity index (χ0v) is 12.0. The van der Waals surface area contributed by atoms with Gasteiger partial charge in [0.25, 0.3) is 0 Å². The van der Waals surface area contributed by atoms with Crippen LogP contribution in [-0.2, 0) is 21.2 Å². The van der Waals surface area contributed by atoms with Crippen LogP contribution in [0.5, 0.6) is 0 Å². The summed E-state index contributed by atoms with van der Waals surface area (Å²) in [5.41, 5.74) is 0. The van der Waals surface area contributed by atoms with Crippen LogP contribution in [0.15, 0.2) is 12.4 Å². The summed E-state index contributed by atoms with van der Waals surface area (Å²) in [5.74, 6) is 0.461. The molecule has 0 spiro atoms. The van der Waals surface area contributed by atoms with E-state index in [1.165, 1.54) is 6.92 Å². The predicted molar refractivity (Wildman–Crippen MR) is 72.0 cm³/mol. The van der Waals surface area contributed by atoms with Crippen molar-refractivity contribution in [3.05, 3.63) is 18.2 Å². The number of imidazole rings is 1. The lowest BCUT2D eigenvalue weighted by molar-refractivity contribution is -0.122. The van der Waals surface area contributed by atoms with Gasteiger partial charge in [0.2, 0.25) is 15.9 Å². The van der Waals surface area contributed by atoms with Gasteiger partial charge in [0.05, 0.1) is 11.8 Å². The Hall–Kier alpha value is -1.41. The van der Waals surface area contributed by atoms with Gasteiger partial charge in [-0.25, -0.2) is 18.1 Å². The Labute approximate surface area is 113 Å². The van der Waals surface area contributed by atoms with Crippen LogP contribution in [0.2, 0.25) is 0 Å². The molecule has 3 N–H and O–H groups in total. The van der Waals surface area contributed by atoms with Gasteiger partial charge in [-0.2, -0.15) is 0 Å². The van der Waals surface area contributed by atoms with Crippen molar-refractivity contribution in [2.45, 2.75) is 32.7 Å². The topological polar surface area (TPSA) is 104 Å². The van der Waals surface area contributed by atoms with Crippen LogP contribution >= 0.6 is 0 Å². The monoisotopic (exact) mass is 288 g/mol. The number of carbonyl (C=O) groups excluding carboxylic acids is 1. The molecule has 1 aromatic heterocycles. The third-order valence-electron chi connectivity index (χ3n) is 2.44. The Bertz CT molecular complexity index is 484. The van der Waals surface area contributed by atoms with Gasteiger partial charge in [-0.3, -0.25) is 4.79 Å². The summed E-state index contributed by atoms with van der Waals surface area (Å²) in [5, 5.41) is 2.66. The molecule has 0 saturated carbocycles. The van der Waals surface area contributed by atoms with Crippen LogP contribution in [-0.4, -0.2) is 42.6 Å². The second kappa shape index (κ2) is 7.25. The van der Waals surface area contributed by atoms with Crippen molar-refractivity contribution in [1.82, 2.24) is 20.0 Å². The zero-order valence-electron chi connectivity index (χ0n) is 11.1. The third kappa shape index (κ3) is 5.84. The van der Waals surface area contributed by atoms with Crippen molar-refractivity contribution in [3.8, 4) is 0 Å². The van der Waals surface area contributed by atoms with E-state index in [9.17, 15) is 13.2 Å². The van der Waals surface area contributed by atoms with Crippen LogP contribution in [0.1, 0.15) is 26.1 Å². The number of hydrogen-bond donors (Lipinski definition) is 3. The van der Waals surface area contributed by atoms with E-state index in [4.69, 9.17) is 0 Å². The summed E-state index contributed by atoms with van der Waals surface area (Å²) in [6.07, 6.45) is 4.44. The molecule has 19 heavy (non-hydrogen) atoms. The first kappa shape index (κ1) is 15.6. The van der Waals surface area contributed by atoms with E-state index in [0.29, 0.717) is 19.4 Å². The Morgan fingerprint density at radius 3 is 2.84 bits per heavy atom. The minimum absolute atomic E-state index is 0.0248. The van der Waals surface area contributed by atoms with Crippen molar-refractivity contribution < 1.29 is 13.2 Å². The second-order valence-electron chi connectivity index (χ2n) is 4.24. The highest BCUT2D eigenvalue weighted by molar-refractivity contribution is 7.89. The third-order valence-corrected chi connectivity index (χ3v) is 4.10. The molecule has 0 bridgehead atoms. The van der Waals surface area contributed by atoms with Crippen LogP contribution < -0.4 is 10.0 Å². The van der Waals surface area contributed by atoms with Crippen molar-refractivity contribution in [2.24, 2.45) is 0 Å². The Kier molecular flexibility index (Phi) is 5.97. The number of aromatic amines is 1. The molecular weight excluding hydrogens is 268 g/mol. The predicted octanol–water partition coefficient (Wildman–Crippen LogP) is -0.214. The lowest BCUT2D eigenvalue weighted by Gasteiger charge is -2.13. The summed E-state index contributed by atoms with van der Waals surface area (Å²) in [6.45, 7) is 3.70. The number of sulfonamides is 1. The smallest absolute Gasteiger partial charge is 0.237 e. The minimum Gasteiger partial charge on any atom is -0.354 e. The lowest BCUT2D eigenvalue weighted by atomic mass is 10.3. The van der Waals surface area contributed by atoms with E-state index < -0.39 is 16.1 Å². The van der Waals surface area contributed by atoms with Crippen LogP contribution in [0.4, 0.5) is 0 Å². The van der Waals surface area contributed by atoms with Gasteiger partial charge in [-0.15, -0.1) is 0 Å². The fourth-order valence-corrected chi connectivity index (χ4v) is 2.84. The molecule has 1 unspecified atom stereocenters. The average Bonchev–Trinajstić information content (AvgIpc) is 2.81. The van der Waals surface area contributed by atoms with Crippen LogP contribution in [0.3, 0.4) is 0 Å². The fraction of sp³-hybridized carbons (Fsp3) is 0.636. The standard InChI is InChI=1S/C11H20N4O3S/c1-3-8-19(17,18)15-9(2)11(16)14-5-4-10-12-6-7-13-10/h6-7,9,15H,3-5,8H2,1-2H3,(H,12,13)(H,14,16). The van der Waals surface area contributed by atoms with E-state index in [-0.39, 0.29) is 11.7 Å². The van der Waals surface area contributed by atoms with Gasteiger partial charge in [0.1, 0.15) is 5.82 Å². The normalized spacial score (nSPS) is 13.2. The SMILES string of the molecule is CCCS(=O)(=O)NC(C)C(=O)NCCc1ncc[nH]1. The van der Waals surface area contributed by atoms with Crippen molar-refractivity contribution in [1.29, 1.82) is 0 Å². The molecular formula is C11H20N4O3S. The molecule has 1 aromatic rings. The van der Waals surface area contributed by atoms with E-state index in [0.717, 1.165) is 5.82 Å².